The molecule has 0 unspecified atom stereocenters. The summed E-state index contributed by atoms with van der Waals surface area (Å²) < 4.78 is 10.3. The minimum absolute atomic E-state index is 0.00532. The van der Waals surface area contributed by atoms with Gasteiger partial charge in [-0.25, -0.2) is 0 Å². The molecule has 3 nitrogen and oxygen atoms in total. The molecule has 0 heterocycles. The molecule has 0 aromatic heterocycles. The van der Waals surface area contributed by atoms with Gasteiger partial charge in [-0.3, -0.25) is 4.79 Å². The smallest absolute Gasteiger partial charge is 0.310 e. The third-order valence-electron chi connectivity index (χ3n) is 2.54. The maximum atomic E-state index is 11.6. The van der Waals surface area contributed by atoms with Crippen LogP contribution < -0.4 is 4.74 Å². The van der Waals surface area contributed by atoms with E-state index in [1.165, 1.54) is 0 Å². The van der Waals surface area contributed by atoms with E-state index in [9.17, 15) is 4.79 Å². The molecule has 0 spiro atoms. The topological polar surface area (TPSA) is 35.5 Å². The van der Waals surface area contributed by atoms with Gasteiger partial charge < -0.3 is 9.47 Å². The molecule has 0 bridgehead atoms. The van der Waals surface area contributed by atoms with Crippen molar-refractivity contribution in [2.75, 3.05) is 7.11 Å². The molecule has 17 heavy (non-hydrogen) atoms. The number of carbonyl (C=O) groups excluding carboxylic acids is 1. The predicted molar refractivity (Wildman–Crippen MR) is 67.2 cm³/mol. The molecule has 0 aliphatic carbocycles. The van der Waals surface area contributed by atoms with Gasteiger partial charge in [-0.15, -0.1) is 0 Å². The lowest BCUT2D eigenvalue weighted by Crippen LogP contribution is -2.16. The molecule has 0 aliphatic heterocycles. The molecule has 1 aromatic rings. The van der Waals surface area contributed by atoms with Crippen LogP contribution in [-0.4, -0.2) is 19.2 Å². The van der Waals surface area contributed by atoms with E-state index in [0.29, 0.717) is 6.42 Å². The zero-order valence-electron chi connectivity index (χ0n) is 10.7. The Hall–Kier alpha value is -1.51. The molecule has 1 atom stereocenters. The van der Waals surface area contributed by atoms with Gasteiger partial charge in [-0.2, -0.15) is 0 Å². The van der Waals surface area contributed by atoms with Crippen LogP contribution in [0.4, 0.5) is 0 Å². The van der Waals surface area contributed by atoms with Crippen molar-refractivity contribution in [3.8, 4) is 5.75 Å². The molecule has 0 aliphatic rings. The first kappa shape index (κ1) is 13.6. The Kier molecular flexibility index (Phi) is 5.53. The summed E-state index contributed by atoms with van der Waals surface area (Å²) in [4.78, 5) is 11.6. The van der Waals surface area contributed by atoms with E-state index in [1.54, 1.807) is 7.11 Å². The van der Waals surface area contributed by atoms with E-state index in [1.807, 2.05) is 31.2 Å². The number of hydrogen-bond acceptors (Lipinski definition) is 3. The van der Waals surface area contributed by atoms with Crippen molar-refractivity contribution in [1.82, 2.24) is 0 Å². The Bertz CT molecular complexity index is 343. The number of benzene rings is 1. The van der Waals surface area contributed by atoms with Gasteiger partial charge in [0, 0.05) is 0 Å². The van der Waals surface area contributed by atoms with Crippen LogP contribution in [0.2, 0.25) is 0 Å². The van der Waals surface area contributed by atoms with Crippen molar-refractivity contribution in [2.24, 2.45) is 0 Å². The van der Waals surface area contributed by atoms with E-state index in [-0.39, 0.29) is 12.1 Å². The van der Waals surface area contributed by atoms with Gasteiger partial charge in [0.2, 0.25) is 0 Å². The lowest BCUT2D eigenvalue weighted by Gasteiger charge is -2.12. The zero-order valence-corrected chi connectivity index (χ0v) is 10.7. The van der Waals surface area contributed by atoms with E-state index < -0.39 is 0 Å². The molecule has 0 radical (unpaired) electrons. The highest BCUT2D eigenvalue weighted by atomic mass is 16.5. The van der Waals surface area contributed by atoms with Gasteiger partial charge in [0.1, 0.15) is 5.75 Å². The van der Waals surface area contributed by atoms with Gasteiger partial charge in [-0.05, 0) is 31.0 Å². The Morgan fingerprint density at radius 3 is 2.47 bits per heavy atom. The molecule has 0 saturated carbocycles. The maximum absolute atomic E-state index is 11.6. The molecule has 94 valence electrons. The second-order valence-corrected chi connectivity index (χ2v) is 4.11. The van der Waals surface area contributed by atoms with Crippen LogP contribution in [0, 0.1) is 0 Å². The highest BCUT2D eigenvalue weighted by Gasteiger charge is 2.09. The van der Waals surface area contributed by atoms with Crippen molar-refractivity contribution in [1.29, 1.82) is 0 Å². The number of ether oxygens (including phenoxy) is 2. The second-order valence-electron chi connectivity index (χ2n) is 4.11. The van der Waals surface area contributed by atoms with Crippen LogP contribution >= 0.6 is 0 Å². The summed E-state index contributed by atoms with van der Waals surface area (Å²) in [5, 5.41) is 0. The average Bonchev–Trinajstić information content (AvgIpc) is 2.30. The first-order valence-electron chi connectivity index (χ1n) is 5.98. The van der Waals surface area contributed by atoms with Crippen LogP contribution in [0.5, 0.6) is 5.75 Å². The number of methoxy groups -OCH3 is 1. The van der Waals surface area contributed by atoms with Crippen molar-refractivity contribution < 1.29 is 14.3 Å². The monoisotopic (exact) mass is 236 g/mol. The summed E-state index contributed by atoms with van der Waals surface area (Å²) in [5.74, 6) is 0.623. The molecule has 3 heteroatoms. The highest BCUT2D eigenvalue weighted by Crippen LogP contribution is 2.12. The molecule has 0 amide bonds. The van der Waals surface area contributed by atoms with E-state index >= 15 is 0 Å². The first-order chi connectivity index (χ1) is 8.15. The Morgan fingerprint density at radius 2 is 1.94 bits per heavy atom. The van der Waals surface area contributed by atoms with Crippen molar-refractivity contribution >= 4 is 5.97 Å². The predicted octanol–water partition coefficient (Wildman–Crippen LogP) is 2.97. The molecular formula is C14H20O3. The minimum atomic E-state index is -0.170. The lowest BCUT2D eigenvalue weighted by atomic mass is 10.1. The Balaban J connectivity index is 2.44. The van der Waals surface area contributed by atoms with Gasteiger partial charge in [-0.1, -0.05) is 25.5 Å². The maximum Gasteiger partial charge on any atom is 0.310 e. The van der Waals surface area contributed by atoms with Gasteiger partial charge >= 0.3 is 5.97 Å². The normalized spacial score (nSPS) is 11.9. The SMILES string of the molecule is CCC[C@@H](C)OC(=O)Cc1ccc(OC)cc1. The first-order valence-corrected chi connectivity index (χ1v) is 5.98. The molecule has 0 saturated heterocycles. The van der Waals surface area contributed by atoms with Crippen LogP contribution in [0.15, 0.2) is 24.3 Å². The quantitative estimate of drug-likeness (QED) is 0.712. The molecule has 0 fully saturated rings. The van der Waals surface area contributed by atoms with E-state index in [0.717, 1.165) is 24.2 Å². The third kappa shape index (κ3) is 4.89. The van der Waals surface area contributed by atoms with Crippen molar-refractivity contribution in [3.05, 3.63) is 29.8 Å². The fraction of sp³-hybridized carbons (Fsp3) is 0.500. The molecule has 1 aromatic carbocycles. The van der Waals surface area contributed by atoms with E-state index in [4.69, 9.17) is 9.47 Å². The second kappa shape index (κ2) is 6.94. The summed E-state index contributed by atoms with van der Waals surface area (Å²) in [7, 11) is 1.62. The molecule has 0 N–H and O–H groups in total. The lowest BCUT2D eigenvalue weighted by molar-refractivity contribution is -0.147. The van der Waals surface area contributed by atoms with Crippen LogP contribution in [0.25, 0.3) is 0 Å². The molecule has 1 rings (SSSR count). The van der Waals surface area contributed by atoms with Gasteiger partial charge in [0.05, 0.1) is 19.6 Å². The Morgan fingerprint density at radius 1 is 1.29 bits per heavy atom. The summed E-state index contributed by atoms with van der Waals surface area (Å²) in [6, 6.07) is 7.45. The molecular weight excluding hydrogens is 216 g/mol. The van der Waals surface area contributed by atoms with Gasteiger partial charge in [0.15, 0.2) is 0 Å². The fourth-order valence-corrected chi connectivity index (χ4v) is 1.64. The minimum Gasteiger partial charge on any atom is -0.497 e. The summed E-state index contributed by atoms with van der Waals surface area (Å²) in [5.41, 5.74) is 0.944. The zero-order chi connectivity index (χ0) is 12.7. The summed E-state index contributed by atoms with van der Waals surface area (Å²) >= 11 is 0. The summed E-state index contributed by atoms with van der Waals surface area (Å²) in [6.07, 6.45) is 2.26. The largest absolute Gasteiger partial charge is 0.497 e. The van der Waals surface area contributed by atoms with Crippen LogP contribution in [-0.2, 0) is 16.0 Å². The van der Waals surface area contributed by atoms with E-state index in [2.05, 4.69) is 6.92 Å². The number of carbonyl (C=O) groups is 1. The number of rotatable bonds is 6. The standard InChI is InChI=1S/C14H20O3/c1-4-5-11(2)17-14(15)10-12-6-8-13(16-3)9-7-12/h6-9,11H,4-5,10H2,1-3H3/t11-/m1/s1. The Labute approximate surface area is 103 Å². The fourth-order valence-electron chi connectivity index (χ4n) is 1.64. The van der Waals surface area contributed by atoms with Crippen molar-refractivity contribution in [3.63, 3.8) is 0 Å². The number of esters is 1. The third-order valence-corrected chi connectivity index (χ3v) is 2.54. The number of hydrogen-bond donors (Lipinski definition) is 0. The average molecular weight is 236 g/mol. The highest BCUT2D eigenvalue weighted by molar-refractivity contribution is 5.72. The van der Waals surface area contributed by atoms with Crippen LogP contribution in [0.1, 0.15) is 32.3 Å². The summed E-state index contributed by atoms with van der Waals surface area (Å²) in [6.45, 7) is 4.00. The van der Waals surface area contributed by atoms with Crippen molar-refractivity contribution in [2.45, 2.75) is 39.2 Å². The van der Waals surface area contributed by atoms with Gasteiger partial charge in [0.25, 0.3) is 0 Å². The van der Waals surface area contributed by atoms with Crippen LogP contribution in [0.3, 0.4) is 0 Å².